The quantitative estimate of drug-likeness (QED) is 0.608. The molecule has 0 fully saturated rings. The summed E-state index contributed by atoms with van der Waals surface area (Å²) in [4.78, 5) is 0. The normalized spacial score (nSPS) is 11.8. The second-order valence-corrected chi connectivity index (χ2v) is 6.26. The van der Waals surface area contributed by atoms with Gasteiger partial charge in [0.05, 0.1) is 19.8 Å². The number of phenolic OH excluding ortho intramolecular Hbond substituents is 1. The van der Waals surface area contributed by atoms with Crippen LogP contribution in [0, 0.1) is 5.41 Å². The average Bonchev–Trinajstić information content (AvgIpc) is 2.66. The molecule has 0 unspecified atom stereocenters. The summed E-state index contributed by atoms with van der Waals surface area (Å²) in [5, 5.41) is 28.2. The van der Waals surface area contributed by atoms with Gasteiger partial charge >= 0.3 is 0 Å². The molecule has 134 valence electrons. The average molecular weight is 342 g/mol. The highest BCUT2D eigenvalue weighted by atomic mass is 16.5. The molecule has 4 heteroatoms. The van der Waals surface area contributed by atoms with Crippen molar-refractivity contribution in [1.29, 1.82) is 0 Å². The molecule has 0 aliphatic heterocycles. The first-order valence-electron chi connectivity index (χ1n) is 8.52. The van der Waals surface area contributed by atoms with Crippen LogP contribution >= 0.6 is 0 Å². The monoisotopic (exact) mass is 342 g/mol. The predicted molar refractivity (Wildman–Crippen MR) is 100 cm³/mol. The van der Waals surface area contributed by atoms with Crippen LogP contribution in [0.2, 0.25) is 0 Å². The lowest BCUT2D eigenvalue weighted by molar-refractivity contribution is 0.0325. The van der Waals surface area contributed by atoms with Crippen LogP contribution in [0.3, 0.4) is 0 Å². The zero-order valence-electron chi connectivity index (χ0n) is 14.6. The molecule has 0 heterocycles. The summed E-state index contributed by atoms with van der Waals surface area (Å²) in [6.07, 6.45) is 5.30. The summed E-state index contributed by atoms with van der Waals surface area (Å²) in [6, 6.07) is 14.8. The first kappa shape index (κ1) is 19.0. The highest BCUT2D eigenvalue weighted by molar-refractivity contribution is 5.70. The molecule has 0 aliphatic rings. The Balaban J connectivity index is 1.88. The Hall–Kier alpha value is -2.30. The molecule has 0 bridgehead atoms. The number of benzene rings is 2. The van der Waals surface area contributed by atoms with E-state index in [2.05, 4.69) is 0 Å². The van der Waals surface area contributed by atoms with Crippen molar-refractivity contribution < 1.29 is 20.1 Å². The van der Waals surface area contributed by atoms with E-state index in [4.69, 9.17) is 4.74 Å². The lowest BCUT2D eigenvalue weighted by Crippen LogP contribution is -2.31. The van der Waals surface area contributed by atoms with Crippen molar-refractivity contribution in [3.63, 3.8) is 0 Å². The van der Waals surface area contributed by atoms with Gasteiger partial charge in [-0.2, -0.15) is 0 Å². The third-order valence-corrected chi connectivity index (χ3v) is 4.56. The topological polar surface area (TPSA) is 69.9 Å². The lowest BCUT2D eigenvalue weighted by atomic mass is 9.84. The molecular formula is C21H26O4. The van der Waals surface area contributed by atoms with E-state index < -0.39 is 5.41 Å². The molecule has 0 saturated carbocycles. The van der Waals surface area contributed by atoms with Gasteiger partial charge in [-0.15, -0.1) is 0 Å². The molecule has 0 spiro atoms. The largest absolute Gasteiger partial charge is 0.508 e. The van der Waals surface area contributed by atoms with Gasteiger partial charge in [0.25, 0.3) is 0 Å². The summed E-state index contributed by atoms with van der Waals surface area (Å²) in [6.45, 7) is 2.34. The molecule has 2 rings (SSSR count). The van der Waals surface area contributed by atoms with Gasteiger partial charge in [0.2, 0.25) is 0 Å². The summed E-state index contributed by atoms with van der Waals surface area (Å²) < 4.78 is 5.72. The van der Waals surface area contributed by atoms with Crippen LogP contribution in [0.4, 0.5) is 0 Å². The molecule has 4 nitrogen and oxygen atoms in total. The van der Waals surface area contributed by atoms with Gasteiger partial charge in [0.1, 0.15) is 11.5 Å². The Morgan fingerprint density at radius 2 is 1.40 bits per heavy atom. The minimum atomic E-state index is -0.465. The standard InChI is InChI=1S/C21H26O4/c1-2-21(15-22,16-23)13-14-25-20-11-7-18(8-12-20)4-3-17-5-9-19(24)10-6-17/h3-12,22-24H,2,13-16H2,1H3/b4-3+. The molecule has 25 heavy (non-hydrogen) atoms. The highest BCUT2D eigenvalue weighted by Crippen LogP contribution is 2.25. The fourth-order valence-corrected chi connectivity index (χ4v) is 2.45. The predicted octanol–water partition coefficient (Wildman–Crippen LogP) is 3.71. The van der Waals surface area contributed by atoms with Gasteiger partial charge in [-0.1, -0.05) is 43.3 Å². The van der Waals surface area contributed by atoms with Crippen molar-refractivity contribution in [1.82, 2.24) is 0 Å². The summed E-state index contributed by atoms with van der Waals surface area (Å²) in [5.74, 6) is 1.02. The molecule has 0 saturated heterocycles. The van der Waals surface area contributed by atoms with Crippen LogP contribution < -0.4 is 4.74 Å². The van der Waals surface area contributed by atoms with Gasteiger partial charge in [0.15, 0.2) is 0 Å². The summed E-state index contributed by atoms with van der Waals surface area (Å²) in [7, 11) is 0. The number of rotatable bonds is 9. The van der Waals surface area contributed by atoms with Gasteiger partial charge in [-0.25, -0.2) is 0 Å². The second kappa shape index (κ2) is 9.25. The second-order valence-electron chi connectivity index (χ2n) is 6.26. The number of hydrogen-bond donors (Lipinski definition) is 3. The van der Waals surface area contributed by atoms with Gasteiger partial charge in [-0.3, -0.25) is 0 Å². The van der Waals surface area contributed by atoms with Crippen LogP contribution in [-0.2, 0) is 0 Å². The van der Waals surface area contributed by atoms with E-state index in [0.717, 1.165) is 16.9 Å². The maximum Gasteiger partial charge on any atom is 0.119 e. The highest BCUT2D eigenvalue weighted by Gasteiger charge is 2.26. The van der Waals surface area contributed by atoms with Gasteiger partial charge < -0.3 is 20.1 Å². The fraction of sp³-hybridized carbons (Fsp3) is 0.333. The van der Waals surface area contributed by atoms with E-state index in [0.29, 0.717) is 19.4 Å². The van der Waals surface area contributed by atoms with Gasteiger partial charge in [-0.05, 0) is 48.2 Å². The first-order chi connectivity index (χ1) is 12.1. The maximum atomic E-state index is 9.44. The maximum absolute atomic E-state index is 9.44. The molecule has 3 N–H and O–H groups in total. The molecule has 0 aromatic heterocycles. The van der Waals surface area contributed by atoms with Crippen LogP contribution in [0.15, 0.2) is 48.5 Å². The zero-order valence-corrected chi connectivity index (χ0v) is 14.6. The number of aliphatic hydroxyl groups is 2. The Morgan fingerprint density at radius 3 is 1.88 bits per heavy atom. The Kier molecular flexibility index (Phi) is 7.04. The minimum Gasteiger partial charge on any atom is -0.508 e. The van der Waals surface area contributed by atoms with Crippen LogP contribution in [0.1, 0.15) is 30.9 Å². The third-order valence-electron chi connectivity index (χ3n) is 4.56. The Bertz CT molecular complexity index is 647. The number of ether oxygens (including phenoxy) is 1. The number of phenols is 1. The van der Waals surface area contributed by atoms with Gasteiger partial charge in [0, 0.05) is 5.41 Å². The number of aromatic hydroxyl groups is 1. The SMILES string of the molecule is CCC(CO)(CO)CCOc1ccc(/C=C/c2ccc(O)cc2)cc1. The van der Waals surface area contributed by atoms with Crippen molar-refractivity contribution in [2.75, 3.05) is 19.8 Å². The third kappa shape index (κ3) is 5.62. The number of aliphatic hydroxyl groups excluding tert-OH is 2. The molecule has 0 radical (unpaired) electrons. The van der Waals surface area contributed by atoms with Crippen LogP contribution in [0.5, 0.6) is 11.5 Å². The smallest absolute Gasteiger partial charge is 0.119 e. The Morgan fingerprint density at radius 1 is 0.880 bits per heavy atom. The van der Waals surface area contributed by atoms with Crippen molar-refractivity contribution in [3.05, 3.63) is 59.7 Å². The molecule has 2 aromatic rings. The van der Waals surface area contributed by atoms with E-state index in [1.165, 1.54) is 0 Å². The van der Waals surface area contributed by atoms with E-state index >= 15 is 0 Å². The van der Waals surface area contributed by atoms with Crippen LogP contribution in [0.25, 0.3) is 12.2 Å². The molecular weight excluding hydrogens is 316 g/mol. The van der Waals surface area contributed by atoms with Crippen LogP contribution in [-0.4, -0.2) is 35.1 Å². The van der Waals surface area contributed by atoms with Crippen molar-refractivity contribution in [2.24, 2.45) is 5.41 Å². The van der Waals surface area contributed by atoms with Crippen molar-refractivity contribution >= 4 is 12.2 Å². The first-order valence-corrected chi connectivity index (χ1v) is 8.52. The lowest BCUT2D eigenvalue weighted by Gasteiger charge is -2.28. The molecule has 2 aromatic carbocycles. The van der Waals surface area contributed by atoms with E-state index in [1.54, 1.807) is 12.1 Å². The summed E-state index contributed by atoms with van der Waals surface area (Å²) >= 11 is 0. The van der Waals surface area contributed by atoms with E-state index in [-0.39, 0.29) is 19.0 Å². The van der Waals surface area contributed by atoms with Crippen molar-refractivity contribution in [2.45, 2.75) is 19.8 Å². The minimum absolute atomic E-state index is 0.0373. The Labute approximate surface area is 149 Å². The molecule has 0 amide bonds. The number of hydrogen-bond acceptors (Lipinski definition) is 4. The van der Waals surface area contributed by atoms with E-state index in [1.807, 2.05) is 55.5 Å². The molecule has 0 atom stereocenters. The van der Waals surface area contributed by atoms with Crippen molar-refractivity contribution in [3.8, 4) is 11.5 Å². The zero-order chi connectivity index (χ0) is 18.1. The molecule has 0 aliphatic carbocycles. The fourth-order valence-electron chi connectivity index (χ4n) is 2.45. The van der Waals surface area contributed by atoms with E-state index in [9.17, 15) is 15.3 Å². The summed E-state index contributed by atoms with van der Waals surface area (Å²) in [5.41, 5.74) is 1.60.